The van der Waals surface area contributed by atoms with Gasteiger partial charge in [-0.15, -0.1) is 4.40 Å². The third kappa shape index (κ3) is 4.77. The molecule has 1 aromatic heterocycles. The first kappa shape index (κ1) is 21.3. The van der Waals surface area contributed by atoms with Gasteiger partial charge in [-0.3, -0.25) is 4.79 Å². The maximum absolute atomic E-state index is 12.8. The van der Waals surface area contributed by atoms with E-state index in [1.165, 1.54) is 19.2 Å². The lowest BCUT2D eigenvalue weighted by Crippen LogP contribution is -2.37. The zero-order chi connectivity index (χ0) is 21.4. The van der Waals surface area contributed by atoms with E-state index in [0.29, 0.717) is 15.9 Å². The average molecular weight is 430 g/mol. The van der Waals surface area contributed by atoms with E-state index in [1.807, 2.05) is 0 Å². The van der Waals surface area contributed by atoms with E-state index in [1.54, 1.807) is 0 Å². The molecule has 0 atom stereocenters. The first-order chi connectivity index (χ1) is 13.5. The summed E-state index contributed by atoms with van der Waals surface area (Å²) in [5.74, 6) is -0.732. The molecular weight excluding hydrogens is 409 g/mol. The van der Waals surface area contributed by atoms with Crippen molar-refractivity contribution in [1.82, 2.24) is 9.29 Å². The summed E-state index contributed by atoms with van der Waals surface area (Å²) in [7, 11) is -2.93. The van der Waals surface area contributed by atoms with Gasteiger partial charge in [-0.25, -0.2) is 9.29 Å². The molecule has 11 heteroatoms. The average Bonchev–Trinajstić information content (AvgIpc) is 2.64. The molecule has 0 saturated heterocycles. The smallest absolute Gasteiger partial charge is 0.305 e. The minimum absolute atomic E-state index is 0.0795. The fourth-order valence-electron chi connectivity index (χ4n) is 3.38. The molecule has 29 heavy (non-hydrogen) atoms. The highest BCUT2D eigenvalue weighted by molar-refractivity contribution is 7.88. The Labute approximate surface area is 166 Å². The van der Waals surface area contributed by atoms with Crippen LogP contribution in [-0.4, -0.2) is 36.4 Å². The fourth-order valence-corrected chi connectivity index (χ4v) is 4.35. The molecule has 2 heterocycles. The molecule has 1 amide bonds. The van der Waals surface area contributed by atoms with Gasteiger partial charge in [0.05, 0.1) is 5.71 Å². The number of carbonyl (C=O) groups excluding carboxylic acids is 1. The van der Waals surface area contributed by atoms with E-state index in [4.69, 9.17) is 0 Å². The molecule has 0 aromatic carbocycles. The molecule has 7 nitrogen and oxygen atoms in total. The Kier molecular flexibility index (Phi) is 5.70. The lowest BCUT2D eigenvalue weighted by Gasteiger charge is -2.30. The second-order valence-electron chi connectivity index (χ2n) is 7.31. The molecule has 0 spiro atoms. The van der Waals surface area contributed by atoms with E-state index in [2.05, 4.69) is 21.6 Å². The van der Waals surface area contributed by atoms with E-state index >= 15 is 0 Å². The standard InChI is InChI=1S/C18H21F3N4O3S/c1-11-6-8-12(9-7-11)13-10-14(25(2)29(27,28)24-13)17(26)23-16-5-3-4-15(22-16)18(19,20)21/h3-5,10-12H,6-9H2,1-2H3,(H,22,23,26). The van der Waals surface area contributed by atoms with Crippen molar-refractivity contribution in [2.75, 3.05) is 12.4 Å². The normalized spacial score (nSPS) is 24.5. The lowest BCUT2D eigenvalue weighted by molar-refractivity contribution is -0.141. The van der Waals surface area contributed by atoms with Crippen molar-refractivity contribution in [3.05, 3.63) is 35.7 Å². The summed E-state index contributed by atoms with van der Waals surface area (Å²) in [5, 5.41) is 2.24. The van der Waals surface area contributed by atoms with Crippen molar-refractivity contribution < 1.29 is 26.4 Å². The Bertz CT molecular complexity index is 965. The number of amides is 1. The number of hydrogen-bond donors (Lipinski definition) is 1. The second kappa shape index (κ2) is 7.77. The molecule has 0 unspecified atom stereocenters. The summed E-state index contributed by atoms with van der Waals surface area (Å²) in [4.78, 5) is 16.0. The van der Waals surface area contributed by atoms with Crippen LogP contribution in [0.15, 0.2) is 34.4 Å². The number of pyridine rings is 1. The summed E-state index contributed by atoms with van der Waals surface area (Å²) >= 11 is 0. The molecular formula is C18H21F3N4O3S. The number of carbonyl (C=O) groups is 1. The Morgan fingerprint density at radius 1 is 1.21 bits per heavy atom. The summed E-state index contributed by atoms with van der Waals surface area (Å²) in [6.45, 7) is 2.13. The van der Waals surface area contributed by atoms with Gasteiger partial charge in [-0.1, -0.05) is 25.8 Å². The predicted octanol–water partition coefficient (Wildman–Crippen LogP) is 3.38. The van der Waals surface area contributed by atoms with Crippen molar-refractivity contribution in [2.24, 2.45) is 16.2 Å². The van der Waals surface area contributed by atoms with Gasteiger partial charge in [-0.2, -0.15) is 21.6 Å². The number of hydrogen-bond acceptors (Lipinski definition) is 4. The summed E-state index contributed by atoms with van der Waals surface area (Å²) in [5.41, 5.74) is -1.07. The van der Waals surface area contributed by atoms with Crippen molar-refractivity contribution in [2.45, 2.75) is 38.8 Å². The van der Waals surface area contributed by atoms with E-state index < -0.39 is 28.0 Å². The first-order valence-electron chi connectivity index (χ1n) is 9.13. The molecule has 2 aliphatic rings. The Hall–Kier alpha value is -2.43. The van der Waals surface area contributed by atoms with Crippen LogP contribution in [0.3, 0.4) is 0 Å². The quantitative estimate of drug-likeness (QED) is 0.796. The number of alkyl halides is 3. The summed E-state index contributed by atoms with van der Waals surface area (Å²) in [6.07, 6.45) is 0.124. The van der Waals surface area contributed by atoms with Gasteiger partial charge in [-0.05, 0) is 37.0 Å². The van der Waals surface area contributed by atoms with Gasteiger partial charge < -0.3 is 5.32 Å². The van der Waals surface area contributed by atoms with Crippen LogP contribution >= 0.6 is 0 Å². The molecule has 1 fully saturated rings. The third-order valence-corrected chi connectivity index (χ3v) is 6.47. The van der Waals surface area contributed by atoms with E-state index in [0.717, 1.165) is 37.8 Å². The number of likely N-dealkylation sites (N-methyl/N-ethyl adjacent to an activating group) is 1. The monoisotopic (exact) mass is 430 g/mol. The summed E-state index contributed by atoms with van der Waals surface area (Å²) in [6, 6.07) is 3.08. The topological polar surface area (TPSA) is 91.7 Å². The van der Waals surface area contributed by atoms with Gasteiger partial charge >= 0.3 is 16.4 Å². The molecule has 1 N–H and O–H groups in total. The zero-order valence-electron chi connectivity index (χ0n) is 15.9. The number of aromatic nitrogens is 1. The maximum Gasteiger partial charge on any atom is 0.433 e. The zero-order valence-corrected chi connectivity index (χ0v) is 16.7. The van der Waals surface area contributed by atoms with Crippen LogP contribution in [0.4, 0.5) is 19.0 Å². The molecule has 0 bridgehead atoms. The van der Waals surface area contributed by atoms with Crippen LogP contribution in [0.25, 0.3) is 0 Å². The van der Waals surface area contributed by atoms with Crippen LogP contribution in [0, 0.1) is 11.8 Å². The Morgan fingerprint density at radius 2 is 1.86 bits per heavy atom. The van der Waals surface area contributed by atoms with Crippen LogP contribution in [0.1, 0.15) is 38.3 Å². The van der Waals surface area contributed by atoms with Gasteiger partial charge in [0, 0.05) is 13.0 Å². The Balaban J connectivity index is 1.86. The third-order valence-electron chi connectivity index (χ3n) is 5.14. The number of allylic oxidation sites excluding steroid dienone is 1. The molecule has 0 radical (unpaired) electrons. The highest BCUT2D eigenvalue weighted by Crippen LogP contribution is 2.32. The lowest BCUT2D eigenvalue weighted by atomic mass is 9.80. The highest BCUT2D eigenvalue weighted by Gasteiger charge is 2.35. The van der Waals surface area contributed by atoms with E-state index in [-0.39, 0.29) is 17.4 Å². The molecule has 1 saturated carbocycles. The fraction of sp³-hybridized carbons (Fsp3) is 0.500. The van der Waals surface area contributed by atoms with Crippen LogP contribution in [-0.2, 0) is 21.2 Å². The minimum atomic E-state index is -4.66. The Morgan fingerprint density at radius 3 is 2.48 bits per heavy atom. The van der Waals surface area contributed by atoms with Gasteiger partial charge in [0.15, 0.2) is 0 Å². The number of nitrogens with zero attached hydrogens (tertiary/aromatic N) is 3. The summed E-state index contributed by atoms with van der Waals surface area (Å²) < 4.78 is 67.8. The predicted molar refractivity (Wildman–Crippen MR) is 101 cm³/mol. The number of rotatable bonds is 3. The van der Waals surface area contributed by atoms with E-state index in [9.17, 15) is 26.4 Å². The van der Waals surface area contributed by atoms with Gasteiger partial charge in [0.25, 0.3) is 5.91 Å². The van der Waals surface area contributed by atoms with Crippen molar-refractivity contribution in [3.8, 4) is 0 Å². The van der Waals surface area contributed by atoms with Crippen LogP contribution < -0.4 is 5.32 Å². The highest BCUT2D eigenvalue weighted by atomic mass is 32.2. The number of anilines is 1. The molecule has 1 aliphatic carbocycles. The van der Waals surface area contributed by atoms with Crippen LogP contribution in [0.2, 0.25) is 0 Å². The number of halogens is 3. The SMILES string of the molecule is CC1CCC(C2=NS(=O)(=O)N(C)C(C(=O)Nc3cccc(C(F)(F)F)n3)=C2)CC1. The largest absolute Gasteiger partial charge is 0.433 e. The van der Waals surface area contributed by atoms with Crippen LogP contribution in [0.5, 0.6) is 0 Å². The number of nitrogens with one attached hydrogen (secondary N) is 1. The van der Waals surface area contributed by atoms with Crippen molar-refractivity contribution in [3.63, 3.8) is 0 Å². The van der Waals surface area contributed by atoms with Gasteiger partial charge in [0.2, 0.25) is 0 Å². The van der Waals surface area contributed by atoms with Gasteiger partial charge in [0.1, 0.15) is 17.2 Å². The van der Waals surface area contributed by atoms with Crippen molar-refractivity contribution in [1.29, 1.82) is 0 Å². The second-order valence-corrected chi connectivity index (χ2v) is 8.93. The van der Waals surface area contributed by atoms with Crippen molar-refractivity contribution >= 4 is 27.6 Å². The first-order valence-corrected chi connectivity index (χ1v) is 10.5. The molecule has 1 aliphatic heterocycles. The molecule has 1 aromatic rings. The molecule has 158 valence electrons. The molecule has 3 rings (SSSR count). The minimum Gasteiger partial charge on any atom is -0.305 e. The maximum atomic E-state index is 12.8.